The van der Waals surface area contributed by atoms with Gasteiger partial charge in [0.05, 0.1) is 4.92 Å². The van der Waals surface area contributed by atoms with Crippen LogP contribution in [0.2, 0.25) is 0 Å². The van der Waals surface area contributed by atoms with E-state index in [0.29, 0.717) is 31.5 Å². The van der Waals surface area contributed by atoms with Crippen LogP contribution in [0.25, 0.3) is 0 Å². The molecule has 0 bridgehead atoms. The molecule has 1 aromatic carbocycles. The van der Waals surface area contributed by atoms with Crippen molar-refractivity contribution < 1.29 is 24.0 Å². The number of hydrogen-bond donors (Lipinski definition) is 1. The highest BCUT2D eigenvalue weighted by Crippen LogP contribution is 2.35. The maximum Gasteiger partial charge on any atom is 0.410 e. The van der Waals surface area contributed by atoms with Gasteiger partial charge in [-0.3, -0.25) is 19.7 Å². The lowest BCUT2D eigenvalue weighted by Gasteiger charge is -2.33. The molecule has 3 rings (SSSR count). The smallest absolute Gasteiger partial charge is 0.410 e. The first-order chi connectivity index (χ1) is 13.8. The number of non-ortho nitro benzene ring substituents is 1. The van der Waals surface area contributed by atoms with Crippen LogP contribution in [-0.4, -0.2) is 51.3 Å². The summed E-state index contributed by atoms with van der Waals surface area (Å²) in [5.74, 6) is 0.0105. The summed E-state index contributed by atoms with van der Waals surface area (Å²) in [5, 5.41) is 13.5. The van der Waals surface area contributed by atoms with Crippen molar-refractivity contribution in [2.24, 2.45) is 5.92 Å². The van der Waals surface area contributed by atoms with Gasteiger partial charge in [-0.1, -0.05) is 11.8 Å². The third-order valence-corrected chi connectivity index (χ3v) is 6.22. The minimum absolute atomic E-state index is 0.00349. The van der Waals surface area contributed by atoms with Gasteiger partial charge in [0.1, 0.15) is 6.61 Å². The number of carbonyl (C=O) groups excluding carboxylic acids is 3. The number of likely N-dealkylation sites (tertiary alicyclic amines) is 1. The first kappa shape index (κ1) is 21.1. The van der Waals surface area contributed by atoms with E-state index >= 15 is 0 Å². The molecule has 156 valence electrons. The predicted octanol–water partition coefficient (Wildman–Crippen LogP) is 2.48. The summed E-state index contributed by atoms with van der Waals surface area (Å²) in [6.45, 7) is 2.47. The van der Waals surface area contributed by atoms with E-state index in [9.17, 15) is 24.5 Å². The van der Waals surface area contributed by atoms with Crippen LogP contribution in [0.5, 0.6) is 0 Å². The zero-order chi connectivity index (χ0) is 21.0. The number of nitrogens with one attached hydrogen (secondary N) is 1. The van der Waals surface area contributed by atoms with Crippen LogP contribution in [0.1, 0.15) is 31.7 Å². The molecule has 3 atom stereocenters. The van der Waals surface area contributed by atoms with Crippen molar-refractivity contribution in [3.63, 3.8) is 0 Å². The van der Waals surface area contributed by atoms with Crippen LogP contribution in [0.3, 0.4) is 0 Å². The SMILES string of the molecule is CC(=O)S[C@H]1C[C@@H]([C@H]2CCNC(=O)C2)N(C(=O)OCc2ccc([N+](=O)[O-])cc2)C1. The fourth-order valence-electron chi connectivity index (χ4n) is 3.88. The van der Waals surface area contributed by atoms with Gasteiger partial charge in [-0.05, 0) is 36.5 Å². The van der Waals surface area contributed by atoms with Gasteiger partial charge in [0.25, 0.3) is 5.69 Å². The summed E-state index contributed by atoms with van der Waals surface area (Å²) in [6.07, 6.45) is 1.29. The summed E-state index contributed by atoms with van der Waals surface area (Å²) in [6, 6.07) is 5.67. The molecule has 0 radical (unpaired) electrons. The van der Waals surface area contributed by atoms with Gasteiger partial charge in [0.2, 0.25) is 5.91 Å². The molecule has 0 unspecified atom stereocenters. The third-order valence-electron chi connectivity index (χ3n) is 5.21. The van der Waals surface area contributed by atoms with E-state index in [2.05, 4.69) is 5.32 Å². The number of nitro groups is 1. The van der Waals surface area contributed by atoms with Gasteiger partial charge in [0.15, 0.2) is 5.12 Å². The van der Waals surface area contributed by atoms with Crippen molar-refractivity contribution in [1.82, 2.24) is 10.2 Å². The molecule has 2 heterocycles. The maximum atomic E-state index is 12.8. The molecule has 0 aliphatic carbocycles. The standard InChI is InChI=1S/C19H23N3O6S/c1-12(23)29-16-9-17(14-6-7-20-18(24)8-14)21(10-16)19(25)28-11-13-2-4-15(5-3-13)22(26)27/h2-5,14,16-17H,6-11H2,1H3,(H,20,24)/t14-,16-,17-/m0/s1. The van der Waals surface area contributed by atoms with Crippen LogP contribution in [0, 0.1) is 16.0 Å². The largest absolute Gasteiger partial charge is 0.445 e. The second-order valence-corrected chi connectivity index (χ2v) is 8.75. The number of hydrogen-bond acceptors (Lipinski definition) is 7. The Morgan fingerprint density at radius 2 is 2.07 bits per heavy atom. The Bertz CT molecular complexity index is 800. The Morgan fingerprint density at radius 1 is 1.34 bits per heavy atom. The minimum atomic E-state index is -0.494. The Morgan fingerprint density at radius 3 is 2.69 bits per heavy atom. The predicted molar refractivity (Wildman–Crippen MR) is 106 cm³/mol. The lowest BCUT2D eigenvalue weighted by Crippen LogP contribution is -2.45. The van der Waals surface area contributed by atoms with Crippen molar-refractivity contribution >= 4 is 34.6 Å². The van der Waals surface area contributed by atoms with Crippen molar-refractivity contribution in [2.75, 3.05) is 13.1 Å². The Hall–Kier alpha value is -2.62. The number of nitro benzene ring substituents is 1. The van der Waals surface area contributed by atoms with Crippen molar-refractivity contribution in [1.29, 1.82) is 0 Å². The number of benzene rings is 1. The fraction of sp³-hybridized carbons (Fsp3) is 0.526. The van der Waals surface area contributed by atoms with Crippen LogP contribution >= 0.6 is 11.8 Å². The number of thioether (sulfide) groups is 1. The van der Waals surface area contributed by atoms with E-state index in [1.165, 1.54) is 30.8 Å². The molecular formula is C19H23N3O6S. The molecule has 1 aromatic rings. The molecule has 2 aliphatic heterocycles. The normalized spacial score (nSPS) is 24.1. The Balaban J connectivity index is 1.65. The van der Waals surface area contributed by atoms with Gasteiger partial charge in [-0.2, -0.15) is 0 Å². The van der Waals surface area contributed by atoms with Crippen molar-refractivity contribution in [3.05, 3.63) is 39.9 Å². The molecule has 29 heavy (non-hydrogen) atoms. The molecule has 2 aliphatic rings. The number of rotatable bonds is 5. The van der Waals surface area contributed by atoms with Crippen LogP contribution in [-0.2, 0) is 20.9 Å². The van der Waals surface area contributed by atoms with Gasteiger partial charge in [-0.15, -0.1) is 0 Å². The van der Waals surface area contributed by atoms with Gasteiger partial charge < -0.3 is 15.0 Å². The number of ether oxygens (including phenoxy) is 1. The van der Waals surface area contributed by atoms with Crippen molar-refractivity contribution in [3.8, 4) is 0 Å². The first-order valence-electron chi connectivity index (χ1n) is 9.44. The summed E-state index contributed by atoms with van der Waals surface area (Å²) < 4.78 is 5.44. The quantitative estimate of drug-likeness (QED) is 0.573. The molecule has 9 nitrogen and oxygen atoms in total. The third kappa shape index (κ3) is 5.47. The number of nitrogens with zero attached hydrogens (tertiary/aromatic N) is 2. The zero-order valence-electron chi connectivity index (χ0n) is 16.0. The van der Waals surface area contributed by atoms with E-state index in [0.717, 1.165) is 6.42 Å². The second-order valence-electron chi connectivity index (χ2n) is 7.27. The van der Waals surface area contributed by atoms with Gasteiger partial charge in [-0.25, -0.2) is 4.79 Å². The summed E-state index contributed by atoms with van der Waals surface area (Å²) in [5.41, 5.74) is 0.616. The molecule has 2 amide bonds. The van der Waals surface area contributed by atoms with Crippen molar-refractivity contribution in [2.45, 2.75) is 44.1 Å². The molecule has 1 N–H and O–H groups in total. The van der Waals surface area contributed by atoms with Crippen LogP contribution in [0.15, 0.2) is 24.3 Å². The highest BCUT2D eigenvalue weighted by atomic mass is 32.2. The average molecular weight is 421 g/mol. The molecule has 0 spiro atoms. The summed E-state index contributed by atoms with van der Waals surface area (Å²) in [4.78, 5) is 47.9. The fourth-order valence-corrected chi connectivity index (χ4v) is 4.88. The summed E-state index contributed by atoms with van der Waals surface area (Å²) in [7, 11) is 0. The average Bonchev–Trinajstić information content (AvgIpc) is 3.09. The highest BCUT2D eigenvalue weighted by molar-refractivity contribution is 8.14. The molecular weight excluding hydrogens is 398 g/mol. The van der Waals surface area contributed by atoms with E-state index in [1.54, 1.807) is 17.0 Å². The lowest BCUT2D eigenvalue weighted by molar-refractivity contribution is -0.384. The molecule has 10 heteroatoms. The molecule has 2 saturated heterocycles. The van der Waals surface area contributed by atoms with Gasteiger partial charge in [0, 0.05) is 49.9 Å². The topological polar surface area (TPSA) is 119 Å². The minimum Gasteiger partial charge on any atom is -0.445 e. The highest BCUT2D eigenvalue weighted by Gasteiger charge is 2.42. The molecule has 0 saturated carbocycles. The zero-order valence-corrected chi connectivity index (χ0v) is 16.9. The maximum absolute atomic E-state index is 12.8. The molecule has 0 aromatic heterocycles. The van der Waals surface area contributed by atoms with Crippen LogP contribution in [0.4, 0.5) is 10.5 Å². The monoisotopic (exact) mass is 421 g/mol. The van der Waals surface area contributed by atoms with E-state index < -0.39 is 11.0 Å². The number of piperidine rings is 1. The van der Waals surface area contributed by atoms with Crippen LogP contribution < -0.4 is 5.32 Å². The number of amides is 2. The second kappa shape index (κ2) is 9.25. The Labute approximate surface area is 172 Å². The first-order valence-corrected chi connectivity index (χ1v) is 10.3. The Kier molecular flexibility index (Phi) is 6.73. The number of carbonyl (C=O) groups is 3. The van der Waals surface area contributed by atoms with E-state index in [1.807, 2.05) is 0 Å². The lowest BCUT2D eigenvalue weighted by atomic mass is 9.88. The van der Waals surface area contributed by atoms with E-state index in [4.69, 9.17) is 4.74 Å². The van der Waals surface area contributed by atoms with E-state index in [-0.39, 0.29) is 40.5 Å². The van der Waals surface area contributed by atoms with Gasteiger partial charge >= 0.3 is 6.09 Å². The molecule has 2 fully saturated rings. The summed E-state index contributed by atoms with van der Waals surface area (Å²) >= 11 is 1.22.